The Morgan fingerprint density at radius 2 is 2.17 bits per heavy atom. The first kappa shape index (κ1) is 8.51. The highest BCUT2D eigenvalue weighted by molar-refractivity contribution is 14.1. The smallest absolute Gasteiger partial charge is 0.0415 e. The monoisotopic (exact) mass is 273 g/mol. The third kappa shape index (κ3) is 1.50. The van der Waals surface area contributed by atoms with Crippen molar-refractivity contribution in [3.8, 4) is 0 Å². The summed E-state index contributed by atoms with van der Waals surface area (Å²) in [5.41, 5.74) is 3.02. The maximum absolute atomic E-state index is 3.33. The van der Waals surface area contributed by atoms with Crippen molar-refractivity contribution >= 4 is 22.9 Å². The molecule has 0 saturated carbocycles. The topological polar surface area (TPSA) is 12.0 Å². The van der Waals surface area contributed by atoms with Crippen molar-refractivity contribution in [2.75, 3.05) is 0 Å². The Hall–Kier alpha value is -0.0900. The van der Waals surface area contributed by atoms with Crippen molar-refractivity contribution in [3.63, 3.8) is 0 Å². The average Bonchev–Trinajstić information content (AvgIpc) is 2.17. The normalized spacial score (nSPS) is 21.9. The molecule has 0 amide bonds. The van der Waals surface area contributed by atoms with Gasteiger partial charge in [-0.1, -0.05) is 24.3 Å². The molecule has 1 atom stereocenters. The Kier molecular flexibility index (Phi) is 2.66. The summed E-state index contributed by atoms with van der Waals surface area (Å²) < 4.78 is 3.33. The maximum atomic E-state index is 3.33. The van der Waals surface area contributed by atoms with Crippen LogP contribution in [0.2, 0.25) is 0 Å². The highest BCUT2D eigenvalue weighted by Gasteiger charge is 2.17. The van der Waals surface area contributed by atoms with E-state index in [4.69, 9.17) is 0 Å². The second-order valence-corrected chi connectivity index (χ2v) is 3.88. The number of nitrogens with one attached hydrogen (secondary N) is 1. The Bertz CT molecular complexity index is 272. The summed E-state index contributed by atoms with van der Waals surface area (Å²) in [5, 5.41) is 0. The molecule has 0 saturated heterocycles. The highest BCUT2D eigenvalue weighted by atomic mass is 127. The van der Waals surface area contributed by atoms with E-state index in [9.17, 15) is 0 Å². The van der Waals surface area contributed by atoms with Crippen LogP contribution in [-0.2, 0) is 6.42 Å². The molecule has 0 bridgehead atoms. The van der Waals surface area contributed by atoms with Crippen molar-refractivity contribution in [2.45, 2.75) is 25.3 Å². The van der Waals surface area contributed by atoms with Gasteiger partial charge in [-0.25, -0.2) is 0 Å². The predicted molar refractivity (Wildman–Crippen MR) is 59.3 cm³/mol. The Labute approximate surface area is 87.1 Å². The molecule has 12 heavy (non-hydrogen) atoms. The van der Waals surface area contributed by atoms with Crippen molar-refractivity contribution in [3.05, 3.63) is 35.4 Å². The molecule has 0 spiro atoms. The van der Waals surface area contributed by atoms with E-state index >= 15 is 0 Å². The van der Waals surface area contributed by atoms with E-state index in [2.05, 4.69) is 50.7 Å². The van der Waals surface area contributed by atoms with Crippen LogP contribution in [0.1, 0.15) is 30.0 Å². The molecule has 1 aromatic carbocycles. The fourth-order valence-electron chi connectivity index (χ4n) is 1.87. The SMILES string of the molecule is IN[C@@H]1CCCc2ccccc21. The molecular formula is C10H12IN. The number of hydrogen-bond donors (Lipinski definition) is 1. The van der Waals surface area contributed by atoms with Crippen LogP contribution < -0.4 is 3.53 Å². The summed E-state index contributed by atoms with van der Waals surface area (Å²) >= 11 is 2.25. The van der Waals surface area contributed by atoms with Crippen LogP contribution in [0.3, 0.4) is 0 Å². The summed E-state index contributed by atoms with van der Waals surface area (Å²) in [6.45, 7) is 0. The van der Waals surface area contributed by atoms with E-state index in [-0.39, 0.29) is 0 Å². The first-order valence-corrected chi connectivity index (χ1v) is 5.43. The van der Waals surface area contributed by atoms with E-state index in [0.717, 1.165) is 0 Å². The Morgan fingerprint density at radius 3 is 3.00 bits per heavy atom. The number of benzene rings is 1. The standard InChI is InChI=1S/C10H12IN/c11-12-10-7-3-5-8-4-1-2-6-9(8)10/h1-2,4,6,10,12H,3,5,7H2/t10-/m1/s1. The van der Waals surface area contributed by atoms with E-state index in [0.29, 0.717) is 6.04 Å². The van der Waals surface area contributed by atoms with Gasteiger partial charge in [0.15, 0.2) is 0 Å². The van der Waals surface area contributed by atoms with Crippen LogP contribution >= 0.6 is 22.9 Å². The van der Waals surface area contributed by atoms with Crippen molar-refractivity contribution in [1.82, 2.24) is 3.53 Å². The van der Waals surface area contributed by atoms with Crippen LogP contribution in [0, 0.1) is 0 Å². The Morgan fingerprint density at radius 1 is 1.33 bits per heavy atom. The van der Waals surface area contributed by atoms with E-state index in [1.165, 1.54) is 30.4 Å². The van der Waals surface area contributed by atoms with Gasteiger partial charge < -0.3 is 0 Å². The minimum Gasteiger partial charge on any atom is -0.254 e. The molecule has 1 aliphatic rings. The lowest BCUT2D eigenvalue weighted by Gasteiger charge is -2.23. The lowest BCUT2D eigenvalue weighted by molar-refractivity contribution is 0.553. The van der Waals surface area contributed by atoms with Gasteiger partial charge in [0.25, 0.3) is 0 Å². The summed E-state index contributed by atoms with van der Waals surface area (Å²) in [5.74, 6) is 0. The third-order valence-corrected chi connectivity index (χ3v) is 3.25. The number of halogens is 1. The molecule has 64 valence electrons. The van der Waals surface area contributed by atoms with E-state index in [1.807, 2.05) is 0 Å². The zero-order valence-electron chi connectivity index (χ0n) is 6.89. The van der Waals surface area contributed by atoms with Gasteiger partial charge in [-0.3, -0.25) is 3.53 Å². The van der Waals surface area contributed by atoms with Crippen LogP contribution in [0.5, 0.6) is 0 Å². The molecule has 0 unspecified atom stereocenters. The number of aryl methyl sites for hydroxylation is 1. The maximum Gasteiger partial charge on any atom is 0.0415 e. The first-order chi connectivity index (χ1) is 5.92. The molecule has 2 rings (SSSR count). The molecule has 0 aromatic heterocycles. The van der Waals surface area contributed by atoms with E-state index < -0.39 is 0 Å². The second kappa shape index (κ2) is 3.75. The van der Waals surface area contributed by atoms with Crippen LogP contribution in [0.4, 0.5) is 0 Å². The summed E-state index contributed by atoms with van der Waals surface area (Å²) in [7, 11) is 0. The molecule has 1 nitrogen and oxygen atoms in total. The van der Waals surface area contributed by atoms with Crippen molar-refractivity contribution < 1.29 is 0 Å². The highest BCUT2D eigenvalue weighted by Crippen LogP contribution is 2.29. The van der Waals surface area contributed by atoms with Gasteiger partial charge in [-0.15, -0.1) is 0 Å². The molecule has 0 radical (unpaired) electrons. The van der Waals surface area contributed by atoms with Gasteiger partial charge in [-0.2, -0.15) is 0 Å². The summed E-state index contributed by atoms with van der Waals surface area (Å²) in [6.07, 6.45) is 3.85. The molecule has 2 heteroatoms. The van der Waals surface area contributed by atoms with Gasteiger partial charge in [0, 0.05) is 28.9 Å². The van der Waals surface area contributed by atoms with Crippen LogP contribution in [0.15, 0.2) is 24.3 Å². The van der Waals surface area contributed by atoms with Gasteiger partial charge >= 0.3 is 0 Å². The zero-order valence-corrected chi connectivity index (χ0v) is 9.04. The fraction of sp³-hybridized carbons (Fsp3) is 0.400. The average molecular weight is 273 g/mol. The molecule has 1 aliphatic carbocycles. The predicted octanol–water partition coefficient (Wildman–Crippen LogP) is 3.00. The fourth-order valence-corrected chi connectivity index (χ4v) is 2.51. The van der Waals surface area contributed by atoms with Gasteiger partial charge in [0.1, 0.15) is 0 Å². The second-order valence-electron chi connectivity index (χ2n) is 3.25. The number of rotatable bonds is 1. The molecule has 0 fully saturated rings. The number of hydrogen-bond acceptors (Lipinski definition) is 1. The van der Waals surface area contributed by atoms with Crippen LogP contribution in [-0.4, -0.2) is 0 Å². The lowest BCUT2D eigenvalue weighted by Crippen LogP contribution is -2.17. The summed E-state index contributed by atoms with van der Waals surface area (Å²) in [6, 6.07) is 9.33. The van der Waals surface area contributed by atoms with E-state index in [1.54, 1.807) is 0 Å². The molecule has 1 aromatic rings. The van der Waals surface area contributed by atoms with Crippen molar-refractivity contribution in [1.29, 1.82) is 0 Å². The first-order valence-electron chi connectivity index (χ1n) is 4.36. The Balaban J connectivity index is 2.37. The quantitative estimate of drug-likeness (QED) is 0.612. The largest absolute Gasteiger partial charge is 0.254 e. The molecule has 0 heterocycles. The molecular weight excluding hydrogens is 261 g/mol. The zero-order chi connectivity index (χ0) is 8.39. The van der Waals surface area contributed by atoms with Crippen molar-refractivity contribution in [2.24, 2.45) is 0 Å². The van der Waals surface area contributed by atoms with Gasteiger partial charge in [0.05, 0.1) is 0 Å². The summed E-state index contributed by atoms with van der Waals surface area (Å²) in [4.78, 5) is 0. The minimum absolute atomic E-state index is 0.579. The lowest BCUT2D eigenvalue weighted by atomic mass is 9.88. The van der Waals surface area contributed by atoms with Gasteiger partial charge in [-0.05, 0) is 30.4 Å². The molecule has 0 aliphatic heterocycles. The van der Waals surface area contributed by atoms with Crippen LogP contribution in [0.25, 0.3) is 0 Å². The third-order valence-electron chi connectivity index (χ3n) is 2.50. The molecule has 1 N–H and O–H groups in total. The number of fused-ring (bicyclic) bond motifs is 1. The minimum atomic E-state index is 0.579. The van der Waals surface area contributed by atoms with Gasteiger partial charge in [0.2, 0.25) is 0 Å².